The molecule has 0 radical (unpaired) electrons. The van der Waals surface area contributed by atoms with Crippen LogP contribution in [-0.4, -0.2) is 55.8 Å². The van der Waals surface area contributed by atoms with Crippen LogP contribution >= 0.6 is 11.3 Å². The van der Waals surface area contributed by atoms with Crippen LogP contribution in [0.25, 0.3) is 10.2 Å². The van der Waals surface area contributed by atoms with Gasteiger partial charge in [-0.3, -0.25) is 34.6 Å². The van der Waals surface area contributed by atoms with E-state index in [9.17, 15) is 32.7 Å². The molecule has 5 heterocycles. The van der Waals surface area contributed by atoms with Crippen LogP contribution in [0, 0.1) is 0 Å². The molecule has 1 aromatic carbocycles. The topological polar surface area (TPSA) is 137 Å². The fraction of sp³-hybridized carbons (Fsp3) is 0.394. The van der Waals surface area contributed by atoms with E-state index in [0.717, 1.165) is 65.2 Å². The predicted molar refractivity (Wildman–Crippen MR) is 169 cm³/mol. The number of halogens is 3. The molecule has 3 aromatic heterocycles. The van der Waals surface area contributed by atoms with Gasteiger partial charge in [-0.05, 0) is 82.1 Å². The number of aromatic nitrogens is 3. The molecule has 246 valence electrons. The fourth-order valence-electron chi connectivity index (χ4n) is 5.98. The number of fused-ring (bicyclic) bond motifs is 1. The van der Waals surface area contributed by atoms with Gasteiger partial charge in [0.15, 0.2) is 0 Å². The molecule has 0 spiro atoms. The summed E-state index contributed by atoms with van der Waals surface area (Å²) in [5, 5.41) is 17.0. The smallest absolute Gasteiger partial charge is 0.386 e. The van der Waals surface area contributed by atoms with Gasteiger partial charge in [-0.1, -0.05) is 6.07 Å². The molecule has 6 rings (SSSR count). The van der Waals surface area contributed by atoms with Crippen LogP contribution in [0.1, 0.15) is 89.2 Å². The van der Waals surface area contributed by atoms with Crippen LogP contribution in [0.3, 0.4) is 0 Å². The van der Waals surface area contributed by atoms with Crippen molar-refractivity contribution in [3.05, 3.63) is 81.9 Å². The first kappa shape index (κ1) is 32.7. The number of pyridine rings is 2. The summed E-state index contributed by atoms with van der Waals surface area (Å²) in [6.45, 7) is 5.53. The first-order valence-electron chi connectivity index (χ1n) is 15.3. The number of carbonyl (C=O) groups is 3. The van der Waals surface area contributed by atoms with E-state index >= 15 is 0 Å². The van der Waals surface area contributed by atoms with Crippen molar-refractivity contribution in [2.75, 3.05) is 18.4 Å². The SMILES string of the molecule is CC(C)(O)c1cc2nc(C3CCN(Cc4ccc(C5CCC(=O)NC5=O)cn4)CC3)sc2cc1NC(=O)c1ccc(C(F)(F)F)nc1. The number of nitrogens with one attached hydrogen (secondary N) is 2. The van der Waals surface area contributed by atoms with Crippen LogP contribution in [0.15, 0.2) is 48.8 Å². The van der Waals surface area contributed by atoms with Crippen LogP contribution in [0.2, 0.25) is 0 Å². The number of hydrogen-bond acceptors (Lipinski definition) is 9. The highest BCUT2D eigenvalue weighted by atomic mass is 32.1. The Bertz CT molecular complexity index is 1810. The molecule has 0 bridgehead atoms. The zero-order valence-electron chi connectivity index (χ0n) is 25.7. The van der Waals surface area contributed by atoms with Crippen molar-refractivity contribution in [2.24, 2.45) is 0 Å². The van der Waals surface area contributed by atoms with Gasteiger partial charge in [0.25, 0.3) is 5.91 Å². The number of thiazole rings is 1. The van der Waals surface area contributed by atoms with Crippen molar-refractivity contribution in [3.8, 4) is 0 Å². The molecule has 4 aromatic rings. The molecule has 3 amide bonds. The van der Waals surface area contributed by atoms with Gasteiger partial charge in [0.1, 0.15) is 5.69 Å². The van der Waals surface area contributed by atoms with E-state index in [1.807, 2.05) is 12.1 Å². The Kier molecular flexibility index (Phi) is 8.85. The van der Waals surface area contributed by atoms with Crippen molar-refractivity contribution in [1.82, 2.24) is 25.2 Å². The van der Waals surface area contributed by atoms with Crippen LogP contribution in [0.5, 0.6) is 0 Å². The Hall–Kier alpha value is -4.27. The summed E-state index contributed by atoms with van der Waals surface area (Å²) in [6, 6.07) is 9.16. The number of alkyl halides is 3. The maximum atomic E-state index is 13.0. The molecule has 10 nitrogen and oxygen atoms in total. The number of rotatable bonds is 7. The number of likely N-dealkylation sites (tertiary alicyclic amines) is 1. The summed E-state index contributed by atoms with van der Waals surface area (Å²) in [6.07, 6.45) is 0.573. The van der Waals surface area contributed by atoms with Crippen LogP contribution in [-0.2, 0) is 27.9 Å². The van der Waals surface area contributed by atoms with Crippen molar-refractivity contribution >= 4 is 45.0 Å². The van der Waals surface area contributed by atoms with Gasteiger partial charge in [-0.2, -0.15) is 13.2 Å². The lowest BCUT2D eigenvalue weighted by molar-refractivity contribution is -0.141. The minimum absolute atomic E-state index is 0.0444. The van der Waals surface area contributed by atoms with Gasteiger partial charge in [0.2, 0.25) is 11.8 Å². The summed E-state index contributed by atoms with van der Waals surface area (Å²) >= 11 is 1.52. The molecule has 47 heavy (non-hydrogen) atoms. The third-order valence-corrected chi connectivity index (χ3v) is 9.76. The molecule has 2 fully saturated rings. The lowest BCUT2D eigenvalue weighted by atomic mass is 9.91. The van der Waals surface area contributed by atoms with E-state index < -0.39 is 23.4 Å². The number of aliphatic hydroxyl groups is 1. The minimum Gasteiger partial charge on any atom is -0.386 e. The number of benzene rings is 1. The zero-order chi connectivity index (χ0) is 33.5. The number of nitrogens with zero attached hydrogens (tertiary/aromatic N) is 4. The standard InChI is InChI=1S/C33H33F3N6O4S/c1-32(2,46)23-13-25-26(14-24(23)39-29(44)20-4-7-27(38-16-20)33(34,35)36)47-31(40-25)18-9-11-42(12-10-18)17-21-5-3-19(15-37-21)22-6-8-28(43)41-30(22)45/h3-5,7,13-16,18,22,46H,6,8-12,17H2,1-2H3,(H,39,44)(H,41,43,45). The van der Waals surface area contributed by atoms with E-state index in [1.54, 1.807) is 32.2 Å². The Labute approximate surface area is 272 Å². The predicted octanol–water partition coefficient (Wildman–Crippen LogP) is 5.48. The number of piperidine rings is 2. The zero-order valence-corrected chi connectivity index (χ0v) is 26.5. The van der Waals surface area contributed by atoms with E-state index in [0.29, 0.717) is 36.2 Å². The van der Waals surface area contributed by atoms with Gasteiger partial charge >= 0.3 is 6.18 Å². The monoisotopic (exact) mass is 666 g/mol. The molecule has 0 aliphatic carbocycles. The molecule has 1 unspecified atom stereocenters. The largest absolute Gasteiger partial charge is 0.433 e. The Morgan fingerprint density at radius 2 is 1.83 bits per heavy atom. The normalized spacial score (nSPS) is 18.4. The first-order chi connectivity index (χ1) is 22.2. The van der Waals surface area contributed by atoms with Crippen molar-refractivity contribution in [3.63, 3.8) is 0 Å². The maximum absolute atomic E-state index is 13.0. The van der Waals surface area contributed by atoms with Gasteiger partial charge in [0, 0.05) is 42.5 Å². The lowest BCUT2D eigenvalue weighted by Gasteiger charge is -2.30. The lowest BCUT2D eigenvalue weighted by Crippen LogP contribution is -2.39. The van der Waals surface area contributed by atoms with Gasteiger partial charge in [-0.25, -0.2) is 4.98 Å². The second-order valence-corrected chi connectivity index (χ2v) is 13.6. The second kappa shape index (κ2) is 12.7. The van der Waals surface area contributed by atoms with E-state index in [1.165, 1.54) is 11.3 Å². The molecule has 0 saturated carbocycles. The van der Waals surface area contributed by atoms with Crippen molar-refractivity contribution in [1.29, 1.82) is 0 Å². The fourth-order valence-corrected chi connectivity index (χ4v) is 7.14. The average Bonchev–Trinajstić information content (AvgIpc) is 3.44. The van der Waals surface area contributed by atoms with Gasteiger partial charge in [-0.15, -0.1) is 11.3 Å². The molecule has 3 N–H and O–H groups in total. The Balaban J connectivity index is 1.11. The Morgan fingerprint density at radius 3 is 2.45 bits per heavy atom. The molecule has 1 atom stereocenters. The number of carbonyl (C=O) groups excluding carboxylic acids is 3. The second-order valence-electron chi connectivity index (χ2n) is 12.5. The highest BCUT2D eigenvalue weighted by molar-refractivity contribution is 7.18. The van der Waals surface area contributed by atoms with Crippen molar-refractivity contribution < 1.29 is 32.7 Å². The number of imide groups is 1. The number of anilines is 1. The maximum Gasteiger partial charge on any atom is 0.433 e. The highest BCUT2D eigenvalue weighted by Gasteiger charge is 2.33. The summed E-state index contributed by atoms with van der Waals surface area (Å²) in [4.78, 5) is 51.8. The average molecular weight is 667 g/mol. The first-order valence-corrected chi connectivity index (χ1v) is 16.1. The third kappa shape index (κ3) is 7.34. The van der Waals surface area contributed by atoms with E-state index in [4.69, 9.17) is 4.98 Å². The number of hydrogen-bond donors (Lipinski definition) is 3. The van der Waals surface area contributed by atoms with Crippen molar-refractivity contribution in [2.45, 2.75) is 69.7 Å². The Morgan fingerprint density at radius 1 is 1.06 bits per heavy atom. The minimum atomic E-state index is -4.61. The van der Waals surface area contributed by atoms with E-state index in [2.05, 4.69) is 25.5 Å². The molecule has 2 saturated heterocycles. The molecule has 2 aliphatic rings. The highest BCUT2D eigenvalue weighted by Crippen LogP contribution is 2.39. The van der Waals surface area contributed by atoms with Crippen LogP contribution < -0.4 is 10.6 Å². The van der Waals surface area contributed by atoms with Gasteiger partial charge in [0.05, 0.1) is 38.0 Å². The van der Waals surface area contributed by atoms with Gasteiger partial charge < -0.3 is 10.4 Å². The number of amides is 3. The third-order valence-electron chi connectivity index (χ3n) is 8.58. The molecule has 2 aliphatic heterocycles. The molecule has 14 heteroatoms. The molecular formula is C33H33F3N6O4S. The summed E-state index contributed by atoms with van der Waals surface area (Å²) < 4.78 is 39.5. The quantitative estimate of drug-likeness (QED) is 0.221. The van der Waals surface area contributed by atoms with E-state index in [-0.39, 0.29) is 29.2 Å². The summed E-state index contributed by atoms with van der Waals surface area (Å²) in [5.74, 6) is -1.29. The summed E-state index contributed by atoms with van der Waals surface area (Å²) in [5.41, 5.74) is 0.708. The molecular weight excluding hydrogens is 633 g/mol. The summed E-state index contributed by atoms with van der Waals surface area (Å²) in [7, 11) is 0. The van der Waals surface area contributed by atoms with Crippen LogP contribution in [0.4, 0.5) is 18.9 Å².